The van der Waals surface area contributed by atoms with Crippen molar-refractivity contribution in [1.29, 1.82) is 0 Å². The van der Waals surface area contributed by atoms with Crippen LogP contribution < -0.4 is 9.47 Å². The molecule has 0 radical (unpaired) electrons. The minimum Gasteiger partial charge on any atom is -0.497 e. The number of ketones is 1. The van der Waals surface area contributed by atoms with Crippen LogP contribution in [0.3, 0.4) is 0 Å². The molecule has 8 unspecified atom stereocenters. The number of hydrogen-bond donors (Lipinski definition) is 2. The molecule has 0 aromatic heterocycles. The van der Waals surface area contributed by atoms with E-state index in [0.29, 0.717) is 36.3 Å². The fraction of sp³-hybridized carbons (Fsp3) is 0.385. The topological polar surface area (TPSA) is 96.3 Å². The minimum absolute atomic E-state index is 0.000254. The van der Waals surface area contributed by atoms with Crippen molar-refractivity contribution in [3.8, 4) is 11.5 Å². The van der Waals surface area contributed by atoms with Crippen LogP contribution in [0.25, 0.3) is 21.5 Å². The van der Waals surface area contributed by atoms with Gasteiger partial charge in [-0.1, -0.05) is 105 Å². The van der Waals surface area contributed by atoms with Gasteiger partial charge in [-0.05, 0) is 126 Å². The first-order chi connectivity index (χ1) is 28.4. The molecule has 5 aromatic rings. The number of hydrogen-bond acceptors (Lipinski definition) is 6. The van der Waals surface area contributed by atoms with Crippen LogP contribution in [-0.2, 0) is 6.54 Å². The minimum atomic E-state index is -1.28. The van der Waals surface area contributed by atoms with Gasteiger partial charge in [-0.25, -0.2) is 4.79 Å². The lowest BCUT2D eigenvalue weighted by atomic mass is 9.32. The van der Waals surface area contributed by atoms with Gasteiger partial charge in [-0.2, -0.15) is 0 Å². The molecule has 3 fully saturated rings. The average molecular weight is 788 g/mol. The van der Waals surface area contributed by atoms with E-state index in [0.717, 1.165) is 58.4 Å². The molecule has 2 bridgehead atoms. The first kappa shape index (κ1) is 38.0. The maximum absolute atomic E-state index is 15.0. The third-order valence-electron chi connectivity index (χ3n) is 16.2. The van der Waals surface area contributed by atoms with Crippen molar-refractivity contribution in [3.05, 3.63) is 144 Å². The van der Waals surface area contributed by atoms with E-state index in [2.05, 4.69) is 56.3 Å². The number of ether oxygens (including phenoxy) is 2. The van der Waals surface area contributed by atoms with Gasteiger partial charge in [0.1, 0.15) is 11.5 Å². The number of Topliss-reactive ketones (excluding diaryl/α,β-unsaturated/α-hetero) is 1. The third kappa shape index (κ3) is 5.60. The molecule has 0 saturated heterocycles. The Labute approximate surface area is 346 Å². The quantitative estimate of drug-likeness (QED) is 0.120. The molecule has 0 aliphatic heterocycles. The number of nitrogens with zero attached hydrogens (tertiary/aromatic N) is 1. The predicted octanol–water partition coefficient (Wildman–Crippen LogP) is 10.5. The van der Waals surface area contributed by atoms with Crippen LogP contribution in [0, 0.1) is 33.5 Å². The van der Waals surface area contributed by atoms with Crippen molar-refractivity contribution < 1.29 is 29.3 Å². The Morgan fingerprint density at radius 1 is 0.746 bits per heavy atom. The van der Waals surface area contributed by atoms with Gasteiger partial charge in [-0.15, -0.1) is 0 Å². The molecular weight excluding hydrogens is 735 g/mol. The first-order valence-electron chi connectivity index (χ1n) is 21.4. The summed E-state index contributed by atoms with van der Waals surface area (Å²) in [7, 11) is 1.62. The Kier molecular flexibility index (Phi) is 8.79. The number of amides is 1. The molecule has 7 nitrogen and oxygen atoms in total. The fourth-order valence-electron chi connectivity index (χ4n) is 13.0. The molecule has 3 saturated carbocycles. The number of allylic oxidation sites excluding steroid dienone is 4. The second kappa shape index (κ2) is 13.7. The van der Waals surface area contributed by atoms with Gasteiger partial charge in [0.2, 0.25) is 0 Å². The maximum atomic E-state index is 15.0. The van der Waals surface area contributed by atoms with Crippen molar-refractivity contribution in [2.75, 3.05) is 13.7 Å². The third-order valence-corrected chi connectivity index (χ3v) is 16.2. The Morgan fingerprint density at radius 3 is 2.22 bits per heavy atom. The summed E-state index contributed by atoms with van der Waals surface area (Å²) >= 11 is 0. The highest BCUT2D eigenvalue weighted by atomic mass is 16.6. The molecule has 6 aliphatic rings. The van der Waals surface area contributed by atoms with Gasteiger partial charge in [0.25, 0.3) is 0 Å². The van der Waals surface area contributed by atoms with Crippen LogP contribution in [0.1, 0.15) is 74.7 Å². The fourth-order valence-corrected chi connectivity index (χ4v) is 13.0. The molecule has 7 heteroatoms. The van der Waals surface area contributed by atoms with Gasteiger partial charge < -0.3 is 24.6 Å². The van der Waals surface area contributed by atoms with Crippen molar-refractivity contribution in [2.24, 2.45) is 33.5 Å². The summed E-state index contributed by atoms with van der Waals surface area (Å²) in [6, 6.07) is 35.4. The Balaban J connectivity index is 1.04. The van der Waals surface area contributed by atoms with E-state index in [-0.39, 0.29) is 36.1 Å². The highest BCUT2D eigenvalue weighted by molar-refractivity contribution is 6.10. The monoisotopic (exact) mass is 787 g/mol. The smallest absolute Gasteiger partial charge is 0.415 e. The van der Waals surface area contributed by atoms with Crippen LogP contribution >= 0.6 is 0 Å². The van der Waals surface area contributed by atoms with Gasteiger partial charge in [0.15, 0.2) is 5.78 Å². The number of methoxy groups -OCH3 is 1. The lowest BCUT2D eigenvalue weighted by Gasteiger charge is -2.71. The summed E-state index contributed by atoms with van der Waals surface area (Å²) in [4.78, 5) is 31.4. The zero-order chi connectivity index (χ0) is 40.8. The van der Waals surface area contributed by atoms with E-state index < -0.39 is 34.0 Å². The molecule has 6 aliphatic carbocycles. The van der Waals surface area contributed by atoms with Gasteiger partial charge >= 0.3 is 6.09 Å². The van der Waals surface area contributed by atoms with Crippen molar-refractivity contribution >= 4 is 33.4 Å². The summed E-state index contributed by atoms with van der Waals surface area (Å²) in [5, 5.41) is 28.7. The Bertz CT molecular complexity index is 2560. The molecule has 1 amide bonds. The summed E-state index contributed by atoms with van der Waals surface area (Å²) in [6.07, 6.45) is 10.9. The highest BCUT2D eigenvalue weighted by Gasteiger charge is 2.74. The summed E-state index contributed by atoms with van der Waals surface area (Å²) in [6.45, 7) is 4.95. The Morgan fingerprint density at radius 2 is 1.42 bits per heavy atom. The van der Waals surface area contributed by atoms with E-state index >= 15 is 4.79 Å². The number of benzene rings is 5. The maximum Gasteiger partial charge on any atom is 0.415 e. The number of aliphatic hydroxyl groups excluding tert-OH is 1. The summed E-state index contributed by atoms with van der Waals surface area (Å²) in [5.74, 6) is 1.23. The zero-order valence-corrected chi connectivity index (χ0v) is 34.2. The van der Waals surface area contributed by atoms with Gasteiger partial charge in [0, 0.05) is 33.9 Å². The highest BCUT2D eigenvalue weighted by Crippen LogP contribution is 2.78. The molecule has 2 spiro atoms. The molecular formula is C52H53NO6. The number of aliphatic hydroxyl groups is 2. The second-order valence-electron chi connectivity index (χ2n) is 18.7. The summed E-state index contributed by atoms with van der Waals surface area (Å²) < 4.78 is 11.6. The average Bonchev–Trinajstić information content (AvgIpc) is 3.52. The second-order valence-corrected chi connectivity index (χ2v) is 18.7. The van der Waals surface area contributed by atoms with E-state index in [9.17, 15) is 15.0 Å². The number of rotatable bonds is 8. The predicted molar refractivity (Wildman–Crippen MR) is 230 cm³/mol. The first-order valence-corrected chi connectivity index (χ1v) is 21.4. The van der Waals surface area contributed by atoms with E-state index in [1.165, 1.54) is 0 Å². The van der Waals surface area contributed by atoms with E-state index in [4.69, 9.17) is 9.47 Å². The Hall–Kier alpha value is -5.24. The molecule has 59 heavy (non-hydrogen) atoms. The molecule has 0 heterocycles. The van der Waals surface area contributed by atoms with Gasteiger partial charge in [-0.3, -0.25) is 4.79 Å². The van der Waals surface area contributed by atoms with Crippen LogP contribution in [-0.4, -0.2) is 52.3 Å². The molecule has 11 rings (SSSR count). The number of fused-ring (bicyclic) bond motifs is 3. The number of carbonyl (C=O) groups is 2. The van der Waals surface area contributed by atoms with Crippen LogP contribution in [0.5, 0.6) is 11.5 Å². The van der Waals surface area contributed by atoms with Crippen molar-refractivity contribution in [1.82, 2.24) is 4.90 Å². The standard InChI is InChI=1S/C52H53NO6/c1-48-24-21-39(54)30-50(48)27-28-52(43(31-50)46(55)36-16-18-40(58-3)19-17-36)44(48)22-25-49(2)45(52)23-26-51(49,57)33-53(32-38-13-8-12-35-10-6-7-14-42(35)38)47(56)59-41-20-15-34-9-4-5-11-37(34)29-41/h4-20,27-29,31,39,44-45,54,57H,21-26,30,32-33H2,1-3H3. The van der Waals surface area contributed by atoms with Gasteiger partial charge in [0.05, 0.1) is 25.4 Å². The van der Waals surface area contributed by atoms with Crippen LogP contribution in [0.2, 0.25) is 0 Å². The lowest BCUT2D eigenvalue weighted by molar-refractivity contribution is -0.175. The SMILES string of the molecule is COc1ccc(C(=O)C2=CC34C=CC25C(CCC2(C)C5CCC2(O)CN(Cc2cccc5ccccc25)C(=O)Oc2ccc5ccccc5c2)C3(C)CCC(O)C4)cc1. The molecule has 8 atom stereocenters. The lowest BCUT2D eigenvalue weighted by Crippen LogP contribution is -2.67. The normalized spacial score (nSPS) is 32.8. The van der Waals surface area contributed by atoms with Crippen LogP contribution in [0.15, 0.2) is 133 Å². The van der Waals surface area contributed by atoms with Crippen molar-refractivity contribution in [2.45, 2.75) is 77.0 Å². The molecule has 5 aromatic carbocycles. The van der Waals surface area contributed by atoms with Crippen LogP contribution in [0.4, 0.5) is 4.79 Å². The van der Waals surface area contributed by atoms with E-state index in [1.54, 1.807) is 12.0 Å². The largest absolute Gasteiger partial charge is 0.497 e. The molecule has 302 valence electrons. The van der Waals surface area contributed by atoms with E-state index in [1.807, 2.05) is 84.9 Å². The van der Waals surface area contributed by atoms with Crippen molar-refractivity contribution in [3.63, 3.8) is 0 Å². The zero-order valence-electron chi connectivity index (χ0n) is 34.2. The molecule has 2 N–H and O–H groups in total. The summed E-state index contributed by atoms with van der Waals surface area (Å²) in [5.41, 5.74) is -0.748. The number of carbonyl (C=O) groups excluding carboxylic acids is 2.